The van der Waals surface area contributed by atoms with Crippen LogP contribution in [0.3, 0.4) is 0 Å². The second-order valence-electron chi connectivity index (χ2n) is 7.99. The molecule has 8 nitrogen and oxygen atoms in total. The number of aliphatic hydroxyl groups is 1. The lowest BCUT2D eigenvalue weighted by atomic mass is 9.85. The number of aromatic nitrogens is 3. The molecule has 4 atom stereocenters. The first-order valence-electron chi connectivity index (χ1n) is 10.7. The average molecular weight is 434 g/mol. The Balaban J connectivity index is 1.59. The summed E-state index contributed by atoms with van der Waals surface area (Å²) >= 11 is 0. The molecule has 1 saturated heterocycles. The molecule has 3 aromatic rings. The van der Waals surface area contributed by atoms with Crippen molar-refractivity contribution in [2.24, 2.45) is 5.92 Å². The van der Waals surface area contributed by atoms with Crippen molar-refractivity contribution in [3.05, 3.63) is 66.2 Å². The van der Waals surface area contributed by atoms with Crippen molar-refractivity contribution in [2.75, 3.05) is 11.1 Å². The van der Waals surface area contributed by atoms with E-state index in [0.717, 1.165) is 17.5 Å². The van der Waals surface area contributed by atoms with E-state index < -0.39 is 12.0 Å². The van der Waals surface area contributed by atoms with Gasteiger partial charge in [0.2, 0.25) is 0 Å². The highest BCUT2D eigenvalue weighted by Crippen LogP contribution is 2.38. The van der Waals surface area contributed by atoms with Gasteiger partial charge in [-0.3, -0.25) is 9.78 Å². The van der Waals surface area contributed by atoms with Gasteiger partial charge in [-0.1, -0.05) is 37.3 Å². The molecule has 0 radical (unpaired) electrons. The Morgan fingerprint density at radius 2 is 2.03 bits per heavy atom. The molecule has 2 aromatic heterocycles. The Morgan fingerprint density at radius 1 is 1.25 bits per heavy atom. The standard InChI is InChI=1S/C24H27N5O3/c1-3-16-14(2)32-21(11-20(16)30)17-9-10-26-13-19(17)28-24(31)22-18(25)12-27-23(29-22)15-7-5-4-6-8-15/h4-10,12-14,16,20-21,30H,3,11,25H2,1-2H3,(H,28,31). The van der Waals surface area contributed by atoms with Crippen LogP contribution < -0.4 is 11.1 Å². The first-order valence-corrected chi connectivity index (χ1v) is 10.7. The summed E-state index contributed by atoms with van der Waals surface area (Å²) in [5.74, 6) is 0.0325. The van der Waals surface area contributed by atoms with Crippen LogP contribution in [-0.4, -0.2) is 38.2 Å². The smallest absolute Gasteiger partial charge is 0.276 e. The number of anilines is 2. The molecule has 1 amide bonds. The summed E-state index contributed by atoms with van der Waals surface area (Å²) in [6.45, 7) is 4.01. The van der Waals surface area contributed by atoms with E-state index in [1.54, 1.807) is 18.5 Å². The molecule has 0 bridgehead atoms. The minimum atomic E-state index is -0.476. The van der Waals surface area contributed by atoms with E-state index in [-0.39, 0.29) is 29.5 Å². The Labute approximate surface area is 186 Å². The molecule has 0 aliphatic carbocycles. The molecule has 1 aliphatic heterocycles. The summed E-state index contributed by atoms with van der Waals surface area (Å²) in [4.78, 5) is 25.9. The van der Waals surface area contributed by atoms with E-state index in [9.17, 15) is 9.90 Å². The Morgan fingerprint density at radius 3 is 2.75 bits per heavy atom. The van der Waals surface area contributed by atoms with E-state index in [4.69, 9.17) is 10.5 Å². The fourth-order valence-corrected chi connectivity index (χ4v) is 4.20. The molecule has 4 rings (SSSR count). The number of hydrogen-bond donors (Lipinski definition) is 3. The molecule has 1 aliphatic rings. The van der Waals surface area contributed by atoms with Crippen molar-refractivity contribution in [2.45, 2.75) is 45.0 Å². The highest BCUT2D eigenvalue weighted by atomic mass is 16.5. The molecule has 4 unspecified atom stereocenters. The maximum Gasteiger partial charge on any atom is 0.276 e. The second-order valence-corrected chi connectivity index (χ2v) is 7.99. The van der Waals surface area contributed by atoms with Gasteiger partial charge < -0.3 is 20.9 Å². The summed E-state index contributed by atoms with van der Waals surface area (Å²) in [5.41, 5.74) is 8.30. The van der Waals surface area contributed by atoms with Crippen LogP contribution in [0.1, 0.15) is 48.8 Å². The first-order chi connectivity index (χ1) is 15.5. The van der Waals surface area contributed by atoms with E-state index in [1.807, 2.05) is 44.2 Å². The summed E-state index contributed by atoms with van der Waals surface area (Å²) in [5, 5.41) is 13.4. The van der Waals surface area contributed by atoms with Gasteiger partial charge in [-0.05, 0) is 19.4 Å². The number of pyridine rings is 1. The first kappa shape index (κ1) is 21.9. The van der Waals surface area contributed by atoms with Gasteiger partial charge in [-0.25, -0.2) is 9.97 Å². The third kappa shape index (κ3) is 4.46. The van der Waals surface area contributed by atoms with Gasteiger partial charge in [0.25, 0.3) is 5.91 Å². The van der Waals surface area contributed by atoms with Crippen molar-refractivity contribution in [3.63, 3.8) is 0 Å². The second kappa shape index (κ2) is 9.42. The van der Waals surface area contributed by atoms with Crippen LogP contribution in [0.25, 0.3) is 11.4 Å². The zero-order valence-corrected chi connectivity index (χ0v) is 18.1. The van der Waals surface area contributed by atoms with Crippen LogP contribution in [0.4, 0.5) is 11.4 Å². The number of nitrogen functional groups attached to an aromatic ring is 1. The number of nitrogens with zero attached hydrogens (tertiary/aromatic N) is 3. The maximum absolute atomic E-state index is 13.1. The lowest BCUT2D eigenvalue weighted by Crippen LogP contribution is -2.39. The third-order valence-electron chi connectivity index (χ3n) is 5.92. The monoisotopic (exact) mass is 433 g/mol. The van der Waals surface area contributed by atoms with Gasteiger partial charge in [-0.15, -0.1) is 0 Å². The lowest BCUT2D eigenvalue weighted by molar-refractivity contribution is -0.131. The molecule has 8 heteroatoms. The number of nitrogens with two attached hydrogens (primary N) is 1. The average Bonchev–Trinajstić information content (AvgIpc) is 2.80. The number of amides is 1. The Hall–Kier alpha value is -3.36. The zero-order valence-electron chi connectivity index (χ0n) is 18.1. The van der Waals surface area contributed by atoms with Crippen molar-refractivity contribution >= 4 is 17.3 Å². The van der Waals surface area contributed by atoms with Gasteiger partial charge in [0.15, 0.2) is 11.5 Å². The number of hydrogen-bond acceptors (Lipinski definition) is 7. The molecule has 1 fully saturated rings. The largest absolute Gasteiger partial charge is 0.396 e. The van der Waals surface area contributed by atoms with Gasteiger partial charge >= 0.3 is 0 Å². The Bertz CT molecular complexity index is 1080. The van der Waals surface area contributed by atoms with Crippen molar-refractivity contribution in [1.29, 1.82) is 0 Å². The molecule has 32 heavy (non-hydrogen) atoms. The van der Waals surface area contributed by atoms with E-state index >= 15 is 0 Å². The highest BCUT2D eigenvalue weighted by molar-refractivity contribution is 6.06. The predicted octanol–water partition coefficient (Wildman–Crippen LogP) is 3.61. The van der Waals surface area contributed by atoms with Gasteiger partial charge in [0.05, 0.1) is 42.1 Å². The number of aliphatic hydroxyl groups excluding tert-OH is 1. The van der Waals surface area contributed by atoms with Crippen molar-refractivity contribution in [3.8, 4) is 11.4 Å². The molecule has 3 heterocycles. The van der Waals surface area contributed by atoms with E-state index in [0.29, 0.717) is 17.9 Å². The minimum absolute atomic E-state index is 0.0812. The highest BCUT2D eigenvalue weighted by Gasteiger charge is 2.36. The number of benzene rings is 1. The van der Waals surface area contributed by atoms with Crippen LogP contribution in [0, 0.1) is 5.92 Å². The Kier molecular flexibility index (Phi) is 6.43. The summed E-state index contributed by atoms with van der Waals surface area (Å²) in [6.07, 6.45) is 4.99. The predicted molar refractivity (Wildman–Crippen MR) is 122 cm³/mol. The molecule has 1 aromatic carbocycles. The lowest BCUT2D eigenvalue weighted by Gasteiger charge is -2.38. The number of carbonyl (C=O) groups excluding carboxylic acids is 1. The maximum atomic E-state index is 13.1. The number of ether oxygens (including phenoxy) is 1. The number of rotatable bonds is 5. The summed E-state index contributed by atoms with van der Waals surface area (Å²) in [7, 11) is 0. The SMILES string of the molecule is CCC1C(O)CC(c2ccncc2NC(=O)c2nc(-c3ccccc3)ncc2N)OC1C. The van der Waals surface area contributed by atoms with Crippen molar-refractivity contribution in [1.82, 2.24) is 15.0 Å². The normalized spacial score (nSPS) is 23.0. The fraction of sp³-hybridized carbons (Fsp3) is 0.333. The molecular formula is C24H27N5O3. The van der Waals surface area contributed by atoms with E-state index in [1.165, 1.54) is 6.20 Å². The quantitative estimate of drug-likeness (QED) is 0.561. The van der Waals surface area contributed by atoms with Crippen LogP contribution in [-0.2, 0) is 4.74 Å². The van der Waals surface area contributed by atoms with Gasteiger partial charge in [0.1, 0.15) is 0 Å². The molecule has 166 valence electrons. The molecule has 0 spiro atoms. The topological polar surface area (TPSA) is 123 Å². The fourth-order valence-electron chi connectivity index (χ4n) is 4.20. The molecular weight excluding hydrogens is 406 g/mol. The van der Waals surface area contributed by atoms with E-state index in [2.05, 4.69) is 20.3 Å². The van der Waals surface area contributed by atoms with Crippen LogP contribution in [0.5, 0.6) is 0 Å². The number of nitrogens with one attached hydrogen (secondary N) is 1. The van der Waals surface area contributed by atoms with Crippen LogP contribution in [0.2, 0.25) is 0 Å². The minimum Gasteiger partial charge on any atom is -0.396 e. The molecule has 0 saturated carbocycles. The van der Waals surface area contributed by atoms with Gasteiger partial charge in [0, 0.05) is 29.7 Å². The summed E-state index contributed by atoms with van der Waals surface area (Å²) in [6, 6.07) is 11.2. The summed E-state index contributed by atoms with van der Waals surface area (Å²) < 4.78 is 6.19. The van der Waals surface area contributed by atoms with Gasteiger partial charge in [-0.2, -0.15) is 0 Å². The van der Waals surface area contributed by atoms with Crippen LogP contribution in [0.15, 0.2) is 55.0 Å². The molecule has 4 N–H and O–H groups in total. The number of carbonyl (C=O) groups is 1. The van der Waals surface area contributed by atoms with Crippen LogP contribution >= 0.6 is 0 Å². The third-order valence-corrected chi connectivity index (χ3v) is 5.92. The van der Waals surface area contributed by atoms with Crippen molar-refractivity contribution < 1.29 is 14.6 Å². The zero-order chi connectivity index (χ0) is 22.7.